The summed E-state index contributed by atoms with van der Waals surface area (Å²) in [6.07, 6.45) is -4.37. The third-order valence-corrected chi connectivity index (χ3v) is 1.86. The fourth-order valence-corrected chi connectivity index (χ4v) is 1.38. The van der Waals surface area contributed by atoms with E-state index in [1.54, 1.807) is 12.1 Å². The van der Waals surface area contributed by atoms with Crippen molar-refractivity contribution >= 4 is 15.9 Å². The van der Waals surface area contributed by atoms with Gasteiger partial charge in [-0.1, -0.05) is 40.7 Å². The number of benzene rings is 1. The molecule has 82 valence electrons. The highest BCUT2D eigenvalue weighted by molar-refractivity contribution is 9.11. The summed E-state index contributed by atoms with van der Waals surface area (Å²) < 4.78 is 40.5. The number of halogens is 4. The highest BCUT2D eigenvalue weighted by Gasteiger charge is 2.31. The Balaban J connectivity index is 2.91. The Morgan fingerprint density at radius 2 is 1.93 bits per heavy atom. The Morgan fingerprint density at radius 1 is 1.33 bits per heavy atom. The number of hydrogen-bond acceptors (Lipinski definition) is 1. The summed E-state index contributed by atoms with van der Waals surface area (Å²) in [6.45, 7) is 3.57. The second kappa shape index (κ2) is 4.70. The van der Waals surface area contributed by atoms with Crippen molar-refractivity contribution in [3.05, 3.63) is 40.9 Å². The van der Waals surface area contributed by atoms with Gasteiger partial charge in [-0.25, -0.2) is 0 Å². The molecule has 0 saturated heterocycles. The zero-order valence-electron chi connectivity index (χ0n) is 7.64. The number of ether oxygens (including phenoxy) is 1. The number of alkyl halides is 3. The third kappa shape index (κ3) is 4.38. The molecule has 0 aliphatic rings. The largest absolute Gasteiger partial charge is 0.573 e. The predicted molar refractivity (Wildman–Crippen MR) is 54.9 cm³/mol. The molecule has 0 radical (unpaired) electrons. The van der Waals surface area contributed by atoms with Crippen molar-refractivity contribution in [2.45, 2.75) is 12.8 Å². The highest BCUT2D eigenvalue weighted by atomic mass is 79.9. The van der Waals surface area contributed by atoms with Gasteiger partial charge in [0.2, 0.25) is 0 Å². The first-order valence-corrected chi connectivity index (χ1v) is 4.85. The van der Waals surface area contributed by atoms with Crippen LogP contribution in [-0.2, 0) is 6.42 Å². The minimum Gasteiger partial charge on any atom is -0.405 e. The molecule has 0 N–H and O–H groups in total. The molecule has 0 aliphatic heterocycles. The maximum Gasteiger partial charge on any atom is 0.573 e. The van der Waals surface area contributed by atoms with Crippen molar-refractivity contribution in [2.24, 2.45) is 0 Å². The van der Waals surface area contributed by atoms with Crippen LogP contribution in [0.2, 0.25) is 0 Å². The second-order valence-corrected chi connectivity index (χ2v) is 3.97. The van der Waals surface area contributed by atoms with Crippen LogP contribution in [0.1, 0.15) is 5.56 Å². The van der Waals surface area contributed by atoms with E-state index in [-0.39, 0.29) is 5.75 Å². The standard InChI is InChI=1S/C10H8BrF3O/c1-7(11)6-8-4-2-3-5-9(8)15-10(12,13)14/h2-5H,1,6H2. The molecular formula is C10H8BrF3O. The van der Waals surface area contributed by atoms with E-state index in [9.17, 15) is 13.2 Å². The van der Waals surface area contributed by atoms with Gasteiger partial charge in [0.05, 0.1) is 0 Å². The summed E-state index contributed by atoms with van der Waals surface area (Å²) in [5.41, 5.74) is 0.441. The van der Waals surface area contributed by atoms with Crippen molar-refractivity contribution in [2.75, 3.05) is 0 Å². The summed E-state index contributed by atoms with van der Waals surface area (Å²) in [5.74, 6) is -0.189. The Hall–Kier alpha value is -0.970. The fraction of sp³-hybridized carbons (Fsp3) is 0.200. The van der Waals surface area contributed by atoms with Crippen LogP contribution in [0.25, 0.3) is 0 Å². The van der Waals surface area contributed by atoms with Crippen LogP contribution in [0, 0.1) is 0 Å². The first-order chi connectivity index (χ1) is 6.88. The molecular weight excluding hydrogens is 273 g/mol. The fourth-order valence-electron chi connectivity index (χ4n) is 1.08. The highest BCUT2D eigenvalue weighted by Crippen LogP contribution is 2.28. The van der Waals surface area contributed by atoms with E-state index in [0.29, 0.717) is 16.5 Å². The number of para-hydroxylation sites is 1. The lowest BCUT2D eigenvalue weighted by Gasteiger charge is -2.12. The zero-order chi connectivity index (χ0) is 11.5. The molecule has 1 nitrogen and oxygen atoms in total. The van der Waals surface area contributed by atoms with E-state index in [1.165, 1.54) is 12.1 Å². The second-order valence-electron chi connectivity index (χ2n) is 2.85. The summed E-state index contributed by atoms with van der Waals surface area (Å²) >= 11 is 3.09. The van der Waals surface area contributed by atoms with Crippen LogP contribution in [-0.4, -0.2) is 6.36 Å². The molecule has 1 aromatic carbocycles. The number of allylic oxidation sites excluding steroid dienone is 1. The molecule has 1 aromatic rings. The maximum atomic E-state index is 12.0. The van der Waals surface area contributed by atoms with Crippen LogP contribution in [0.5, 0.6) is 5.75 Å². The van der Waals surface area contributed by atoms with Gasteiger partial charge in [-0.3, -0.25) is 0 Å². The topological polar surface area (TPSA) is 9.23 Å². The SMILES string of the molecule is C=C(Br)Cc1ccccc1OC(F)(F)F. The molecule has 0 saturated carbocycles. The average molecular weight is 281 g/mol. The van der Waals surface area contributed by atoms with E-state index in [1.807, 2.05) is 0 Å². The monoisotopic (exact) mass is 280 g/mol. The van der Waals surface area contributed by atoms with Gasteiger partial charge in [0.1, 0.15) is 5.75 Å². The van der Waals surface area contributed by atoms with Gasteiger partial charge < -0.3 is 4.74 Å². The Bertz CT molecular complexity index is 360. The minimum atomic E-state index is -4.66. The first kappa shape index (κ1) is 12.1. The van der Waals surface area contributed by atoms with Gasteiger partial charge in [-0.05, 0) is 16.1 Å². The van der Waals surface area contributed by atoms with Gasteiger partial charge in [0, 0.05) is 6.42 Å². The van der Waals surface area contributed by atoms with E-state index in [2.05, 4.69) is 27.2 Å². The Morgan fingerprint density at radius 3 is 2.47 bits per heavy atom. The molecule has 0 unspecified atom stereocenters. The molecule has 1 rings (SSSR count). The van der Waals surface area contributed by atoms with Gasteiger partial charge in [0.15, 0.2) is 0 Å². The lowest BCUT2D eigenvalue weighted by Crippen LogP contribution is -2.18. The van der Waals surface area contributed by atoms with Crippen LogP contribution in [0.3, 0.4) is 0 Å². The van der Waals surface area contributed by atoms with Gasteiger partial charge in [0.25, 0.3) is 0 Å². The van der Waals surface area contributed by atoms with Crippen molar-refractivity contribution < 1.29 is 17.9 Å². The third-order valence-electron chi connectivity index (χ3n) is 1.58. The molecule has 0 heterocycles. The Kier molecular flexibility index (Phi) is 3.79. The normalized spacial score (nSPS) is 11.2. The predicted octanol–water partition coefficient (Wildman–Crippen LogP) is 4.04. The van der Waals surface area contributed by atoms with Crippen LogP contribution in [0.15, 0.2) is 35.3 Å². The van der Waals surface area contributed by atoms with Gasteiger partial charge in [-0.2, -0.15) is 0 Å². The van der Waals surface area contributed by atoms with Crippen LogP contribution < -0.4 is 4.74 Å². The molecule has 0 spiro atoms. The molecule has 15 heavy (non-hydrogen) atoms. The Labute approximate surface area is 93.7 Å². The smallest absolute Gasteiger partial charge is 0.405 e. The summed E-state index contributed by atoms with van der Waals surface area (Å²) in [5, 5.41) is 0. The van der Waals surface area contributed by atoms with Crippen molar-refractivity contribution in [3.8, 4) is 5.75 Å². The maximum absolute atomic E-state index is 12.0. The van der Waals surface area contributed by atoms with Crippen molar-refractivity contribution in [1.29, 1.82) is 0 Å². The number of hydrogen-bond donors (Lipinski definition) is 0. The van der Waals surface area contributed by atoms with Crippen molar-refractivity contribution in [1.82, 2.24) is 0 Å². The first-order valence-electron chi connectivity index (χ1n) is 4.05. The molecule has 0 aliphatic carbocycles. The number of rotatable bonds is 3. The average Bonchev–Trinajstić information content (AvgIpc) is 2.05. The molecule has 0 atom stereocenters. The quantitative estimate of drug-likeness (QED) is 0.812. The lowest BCUT2D eigenvalue weighted by molar-refractivity contribution is -0.274. The van der Waals surface area contributed by atoms with E-state index in [4.69, 9.17) is 0 Å². The minimum absolute atomic E-state index is 0.189. The summed E-state index contributed by atoms with van der Waals surface area (Å²) in [7, 11) is 0. The zero-order valence-corrected chi connectivity index (χ0v) is 9.23. The molecule has 0 fully saturated rings. The van der Waals surface area contributed by atoms with E-state index in [0.717, 1.165) is 0 Å². The molecule has 5 heteroatoms. The lowest BCUT2D eigenvalue weighted by atomic mass is 10.1. The van der Waals surface area contributed by atoms with Crippen LogP contribution >= 0.6 is 15.9 Å². The van der Waals surface area contributed by atoms with E-state index >= 15 is 0 Å². The van der Waals surface area contributed by atoms with Crippen molar-refractivity contribution in [3.63, 3.8) is 0 Å². The summed E-state index contributed by atoms with van der Waals surface area (Å²) in [6, 6.07) is 5.97. The van der Waals surface area contributed by atoms with Gasteiger partial charge in [-0.15, -0.1) is 13.2 Å². The molecule has 0 bridgehead atoms. The van der Waals surface area contributed by atoms with E-state index < -0.39 is 6.36 Å². The molecule has 0 amide bonds. The van der Waals surface area contributed by atoms with Gasteiger partial charge >= 0.3 is 6.36 Å². The summed E-state index contributed by atoms with van der Waals surface area (Å²) in [4.78, 5) is 0. The van der Waals surface area contributed by atoms with Crippen LogP contribution in [0.4, 0.5) is 13.2 Å². The molecule has 0 aromatic heterocycles.